The number of aromatic amines is 1. The van der Waals surface area contributed by atoms with Crippen molar-refractivity contribution in [2.45, 2.75) is 57.7 Å². The molecule has 0 saturated carbocycles. The van der Waals surface area contributed by atoms with Crippen LogP contribution >= 0.6 is 11.3 Å². The number of H-pyrrole nitrogens is 1. The highest BCUT2D eigenvalue weighted by Crippen LogP contribution is 2.32. The lowest BCUT2D eigenvalue weighted by Crippen LogP contribution is -2.41. The molecule has 0 radical (unpaired) electrons. The molecule has 164 valence electrons. The fraction of sp³-hybridized carbons (Fsp3) is 0.545. The lowest BCUT2D eigenvalue weighted by molar-refractivity contribution is -0.142. The molecule has 0 unspecified atom stereocenters. The minimum absolute atomic E-state index is 0.00313. The predicted molar refractivity (Wildman–Crippen MR) is 115 cm³/mol. The summed E-state index contributed by atoms with van der Waals surface area (Å²) in [5.41, 5.74) is 1.07. The van der Waals surface area contributed by atoms with Crippen LogP contribution in [-0.4, -0.2) is 57.4 Å². The Morgan fingerprint density at radius 3 is 2.84 bits per heavy atom. The highest BCUT2D eigenvalue weighted by molar-refractivity contribution is 7.13. The molecule has 9 heteroatoms. The summed E-state index contributed by atoms with van der Waals surface area (Å²) in [6.45, 7) is 4.05. The van der Waals surface area contributed by atoms with Gasteiger partial charge in [-0.3, -0.25) is 14.4 Å². The second-order valence-electron chi connectivity index (χ2n) is 8.45. The third-order valence-electron chi connectivity index (χ3n) is 6.38. The van der Waals surface area contributed by atoms with E-state index in [0.29, 0.717) is 42.4 Å². The molecule has 2 amide bonds. The molecule has 2 aromatic heterocycles. The first kappa shape index (κ1) is 20.4. The fourth-order valence-corrected chi connectivity index (χ4v) is 5.59. The molecule has 0 bridgehead atoms. The fourth-order valence-electron chi connectivity index (χ4n) is 4.75. The molecule has 3 aliphatic heterocycles. The van der Waals surface area contributed by atoms with Crippen LogP contribution in [0.15, 0.2) is 16.9 Å². The Labute approximate surface area is 184 Å². The first-order valence-electron chi connectivity index (χ1n) is 10.9. The number of fused-ring (bicyclic) bond motifs is 1. The molecule has 5 rings (SSSR count). The summed E-state index contributed by atoms with van der Waals surface area (Å²) in [7, 11) is 0. The second kappa shape index (κ2) is 8.20. The predicted octanol–water partition coefficient (Wildman–Crippen LogP) is 2.18. The topological polar surface area (TPSA) is 95.6 Å². The van der Waals surface area contributed by atoms with Gasteiger partial charge in [-0.05, 0) is 44.7 Å². The lowest BCUT2D eigenvalue weighted by atomic mass is 10.1. The van der Waals surface area contributed by atoms with Crippen LogP contribution in [0.4, 0.5) is 0 Å². The third-order valence-corrected chi connectivity index (χ3v) is 7.37. The summed E-state index contributed by atoms with van der Waals surface area (Å²) in [6.07, 6.45) is 3.49. The van der Waals surface area contributed by atoms with E-state index in [1.165, 1.54) is 11.3 Å². The van der Waals surface area contributed by atoms with Crippen LogP contribution in [0.25, 0.3) is 0 Å². The number of hydrogen-bond acceptors (Lipinski definition) is 6. The largest absolute Gasteiger partial charge is 0.368 e. The Hall–Kier alpha value is -2.52. The number of hydrogen-bond donors (Lipinski definition) is 1. The number of amides is 2. The van der Waals surface area contributed by atoms with Gasteiger partial charge in [-0.2, -0.15) is 0 Å². The average molecular weight is 443 g/mol. The van der Waals surface area contributed by atoms with Crippen molar-refractivity contribution in [2.75, 3.05) is 19.7 Å². The SMILES string of the molecule is Cc1ccc(C(=O)N2CCc3nc([C@H]4CCCN4C(=O)[C@@H]4CCCO4)[nH]c(=O)c3C2)s1. The van der Waals surface area contributed by atoms with E-state index in [-0.39, 0.29) is 36.1 Å². The number of ether oxygens (including phenoxy) is 1. The van der Waals surface area contributed by atoms with Crippen molar-refractivity contribution in [2.24, 2.45) is 0 Å². The van der Waals surface area contributed by atoms with Gasteiger partial charge in [0.05, 0.1) is 28.7 Å². The first-order valence-corrected chi connectivity index (χ1v) is 11.7. The molecule has 0 aliphatic carbocycles. The van der Waals surface area contributed by atoms with Gasteiger partial charge in [0.1, 0.15) is 11.9 Å². The lowest BCUT2D eigenvalue weighted by Gasteiger charge is -2.29. The standard InChI is InChI=1S/C22H26N4O4S/c1-13-6-7-18(31-13)22(29)25-10-8-15-14(12-25)20(27)24-19(23-15)16-4-2-9-26(16)21(28)17-5-3-11-30-17/h6-7,16-17H,2-5,8-12H2,1H3,(H,23,24,27)/t16-,17+/m1/s1. The summed E-state index contributed by atoms with van der Waals surface area (Å²) in [5, 5.41) is 0. The van der Waals surface area contributed by atoms with E-state index in [1.807, 2.05) is 24.0 Å². The summed E-state index contributed by atoms with van der Waals surface area (Å²) in [4.78, 5) is 51.6. The molecule has 31 heavy (non-hydrogen) atoms. The smallest absolute Gasteiger partial charge is 0.264 e. The number of aryl methyl sites for hydroxylation is 1. The van der Waals surface area contributed by atoms with E-state index >= 15 is 0 Å². The number of likely N-dealkylation sites (tertiary alicyclic amines) is 1. The Kier molecular flexibility index (Phi) is 5.39. The van der Waals surface area contributed by atoms with Crippen LogP contribution in [0.2, 0.25) is 0 Å². The van der Waals surface area contributed by atoms with Crippen molar-refractivity contribution in [3.63, 3.8) is 0 Å². The van der Waals surface area contributed by atoms with Crippen LogP contribution < -0.4 is 5.56 Å². The monoisotopic (exact) mass is 442 g/mol. The molecule has 2 aromatic rings. The zero-order valence-corrected chi connectivity index (χ0v) is 18.4. The Balaban J connectivity index is 1.37. The van der Waals surface area contributed by atoms with Crippen LogP contribution in [-0.2, 0) is 22.5 Å². The van der Waals surface area contributed by atoms with E-state index in [9.17, 15) is 14.4 Å². The molecular formula is C22H26N4O4S. The van der Waals surface area contributed by atoms with E-state index in [4.69, 9.17) is 9.72 Å². The van der Waals surface area contributed by atoms with Crippen LogP contribution in [0.3, 0.4) is 0 Å². The van der Waals surface area contributed by atoms with Gasteiger partial charge in [-0.15, -0.1) is 11.3 Å². The van der Waals surface area contributed by atoms with E-state index in [2.05, 4.69) is 4.98 Å². The number of nitrogens with one attached hydrogen (secondary N) is 1. The third kappa shape index (κ3) is 3.80. The molecule has 0 aromatic carbocycles. The molecule has 5 heterocycles. The van der Waals surface area contributed by atoms with E-state index in [0.717, 1.165) is 36.3 Å². The van der Waals surface area contributed by atoms with Gasteiger partial charge in [-0.1, -0.05) is 0 Å². The number of nitrogens with zero attached hydrogens (tertiary/aromatic N) is 3. The maximum Gasteiger partial charge on any atom is 0.264 e. The Bertz CT molecular complexity index is 1070. The van der Waals surface area contributed by atoms with E-state index in [1.54, 1.807) is 4.90 Å². The Morgan fingerprint density at radius 2 is 2.10 bits per heavy atom. The summed E-state index contributed by atoms with van der Waals surface area (Å²) >= 11 is 1.47. The highest BCUT2D eigenvalue weighted by atomic mass is 32.1. The second-order valence-corrected chi connectivity index (χ2v) is 9.74. The number of aromatic nitrogens is 2. The van der Waals surface area contributed by atoms with Crippen LogP contribution in [0, 0.1) is 6.92 Å². The number of carbonyl (C=O) groups is 2. The first-order chi connectivity index (χ1) is 15.0. The van der Waals surface area contributed by atoms with Crippen molar-refractivity contribution < 1.29 is 14.3 Å². The number of rotatable bonds is 3. The average Bonchev–Trinajstić information content (AvgIpc) is 3.54. The molecule has 2 saturated heterocycles. The maximum absolute atomic E-state index is 12.9. The van der Waals surface area contributed by atoms with Crippen molar-refractivity contribution in [3.05, 3.63) is 49.3 Å². The van der Waals surface area contributed by atoms with Gasteiger partial charge >= 0.3 is 0 Å². The van der Waals surface area contributed by atoms with Crippen molar-refractivity contribution in [1.29, 1.82) is 0 Å². The van der Waals surface area contributed by atoms with Crippen molar-refractivity contribution in [3.8, 4) is 0 Å². The zero-order valence-electron chi connectivity index (χ0n) is 17.6. The quantitative estimate of drug-likeness (QED) is 0.786. The van der Waals surface area contributed by atoms with Gasteiger partial charge in [-0.25, -0.2) is 4.98 Å². The zero-order chi connectivity index (χ0) is 21.5. The molecule has 0 spiro atoms. The minimum Gasteiger partial charge on any atom is -0.368 e. The van der Waals surface area contributed by atoms with Gasteiger partial charge < -0.3 is 19.5 Å². The number of carbonyl (C=O) groups excluding carboxylic acids is 2. The number of thiophene rings is 1. The Morgan fingerprint density at radius 1 is 1.23 bits per heavy atom. The molecule has 2 atom stereocenters. The van der Waals surface area contributed by atoms with Gasteiger partial charge in [0.25, 0.3) is 17.4 Å². The molecule has 1 N–H and O–H groups in total. The molecule has 3 aliphatic rings. The highest BCUT2D eigenvalue weighted by Gasteiger charge is 2.37. The summed E-state index contributed by atoms with van der Waals surface area (Å²) in [5.74, 6) is 0.515. The summed E-state index contributed by atoms with van der Waals surface area (Å²) < 4.78 is 5.58. The summed E-state index contributed by atoms with van der Waals surface area (Å²) in [6, 6.07) is 3.55. The van der Waals surface area contributed by atoms with Crippen LogP contribution in [0.1, 0.15) is 63.4 Å². The maximum atomic E-state index is 12.9. The molecular weight excluding hydrogens is 416 g/mol. The van der Waals surface area contributed by atoms with Crippen LogP contribution in [0.5, 0.6) is 0 Å². The molecule has 2 fully saturated rings. The van der Waals surface area contributed by atoms with Gasteiger partial charge in [0, 0.05) is 31.0 Å². The van der Waals surface area contributed by atoms with Gasteiger partial charge in [0.2, 0.25) is 0 Å². The molecule has 8 nitrogen and oxygen atoms in total. The normalized spacial score (nSPS) is 23.3. The van der Waals surface area contributed by atoms with E-state index < -0.39 is 0 Å². The van der Waals surface area contributed by atoms with Gasteiger partial charge in [0.15, 0.2) is 0 Å². The minimum atomic E-state index is -0.370. The van der Waals surface area contributed by atoms with Crippen molar-refractivity contribution >= 4 is 23.2 Å². The van der Waals surface area contributed by atoms with Crippen molar-refractivity contribution in [1.82, 2.24) is 19.8 Å².